The van der Waals surface area contributed by atoms with E-state index in [-0.39, 0.29) is 17.0 Å². The molecule has 3 aromatic rings. The molecule has 0 unspecified atom stereocenters. The molecule has 0 radical (unpaired) electrons. The summed E-state index contributed by atoms with van der Waals surface area (Å²) in [6, 6.07) is 14.2. The summed E-state index contributed by atoms with van der Waals surface area (Å²) in [6.45, 7) is 0.273. The summed E-state index contributed by atoms with van der Waals surface area (Å²) in [4.78, 5) is 11.8. The normalized spacial score (nSPS) is 11.0. The van der Waals surface area contributed by atoms with E-state index >= 15 is 0 Å². The van der Waals surface area contributed by atoms with Crippen molar-refractivity contribution in [2.24, 2.45) is 0 Å². The van der Waals surface area contributed by atoms with Gasteiger partial charge in [-0.15, -0.1) is 0 Å². The lowest BCUT2D eigenvalue weighted by Gasteiger charge is -2.15. The standard InChI is InChI=1S/C20H20N2O6S/c1-26-16-8-6-15(7-9-16)22-29(24,25)19-12-14(20(23)27-2)5-10-18(19)21-13-17-4-3-11-28-17/h3-12,21-22H,13H2,1-2H3. The van der Waals surface area contributed by atoms with Crippen LogP contribution in [0.5, 0.6) is 5.75 Å². The largest absolute Gasteiger partial charge is 0.497 e. The minimum absolute atomic E-state index is 0.0947. The Morgan fingerprint density at radius 1 is 1.07 bits per heavy atom. The Hall–Kier alpha value is -3.46. The molecule has 152 valence electrons. The zero-order valence-electron chi connectivity index (χ0n) is 15.8. The average molecular weight is 416 g/mol. The van der Waals surface area contributed by atoms with Crippen LogP contribution in [0.4, 0.5) is 11.4 Å². The Balaban J connectivity index is 1.94. The SMILES string of the molecule is COC(=O)c1ccc(NCc2ccco2)c(S(=O)(=O)Nc2ccc(OC)cc2)c1. The monoisotopic (exact) mass is 416 g/mol. The highest BCUT2D eigenvalue weighted by molar-refractivity contribution is 7.92. The zero-order chi connectivity index (χ0) is 20.9. The van der Waals surface area contributed by atoms with Gasteiger partial charge in [0.1, 0.15) is 16.4 Å². The van der Waals surface area contributed by atoms with Crippen LogP contribution in [0.3, 0.4) is 0 Å². The molecule has 29 heavy (non-hydrogen) atoms. The van der Waals surface area contributed by atoms with Gasteiger partial charge in [0.25, 0.3) is 10.0 Å². The Labute approximate surface area is 168 Å². The molecule has 2 aromatic carbocycles. The summed E-state index contributed by atoms with van der Waals surface area (Å²) in [5.74, 6) is 0.596. The lowest BCUT2D eigenvalue weighted by Crippen LogP contribution is -2.16. The zero-order valence-corrected chi connectivity index (χ0v) is 16.7. The van der Waals surface area contributed by atoms with Gasteiger partial charge in [0, 0.05) is 5.69 Å². The molecular formula is C20H20N2O6S. The topological polar surface area (TPSA) is 107 Å². The fraction of sp³-hybridized carbons (Fsp3) is 0.150. The molecule has 0 fully saturated rings. The molecule has 2 N–H and O–H groups in total. The van der Waals surface area contributed by atoms with Crippen molar-refractivity contribution >= 4 is 27.4 Å². The Kier molecular flexibility index (Phi) is 6.08. The first kappa shape index (κ1) is 20.3. The third-order valence-electron chi connectivity index (χ3n) is 4.07. The van der Waals surface area contributed by atoms with E-state index in [1.807, 2.05) is 0 Å². The van der Waals surface area contributed by atoms with Crippen molar-refractivity contribution in [1.82, 2.24) is 0 Å². The molecule has 0 saturated carbocycles. The number of rotatable bonds is 8. The van der Waals surface area contributed by atoms with E-state index in [1.54, 1.807) is 36.4 Å². The van der Waals surface area contributed by atoms with E-state index in [9.17, 15) is 13.2 Å². The number of hydrogen-bond acceptors (Lipinski definition) is 7. The number of methoxy groups -OCH3 is 2. The second-order valence-corrected chi connectivity index (χ2v) is 7.62. The van der Waals surface area contributed by atoms with E-state index in [4.69, 9.17) is 13.9 Å². The van der Waals surface area contributed by atoms with Gasteiger partial charge in [-0.1, -0.05) is 0 Å². The first-order valence-corrected chi connectivity index (χ1v) is 10.1. The summed E-state index contributed by atoms with van der Waals surface area (Å²) in [7, 11) is -1.26. The molecule has 0 aliphatic heterocycles. The van der Waals surface area contributed by atoms with Gasteiger partial charge in [0.2, 0.25) is 0 Å². The number of carbonyl (C=O) groups excluding carboxylic acids is 1. The first-order valence-electron chi connectivity index (χ1n) is 8.58. The number of hydrogen-bond donors (Lipinski definition) is 2. The molecule has 1 heterocycles. The van der Waals surface area contributed by atoms with Gasteiger partial charge in [0.15, 0.2) is 0 Å². The lowest BCUT2D eigenvalue weighted by molar-refractivity contribution is 0.0600. The van der Waals surface area contributed by atoms with E-state index in [0.717, 1.165) is 0 Å². The van der Waals surface area contributed by atoms with Crippen molar-refractivity contribution in [3.8, 4) is 5.75 Å². The number of nitrogens with one attached hydrogen (secondary N) is 2. The highest BCUT2D eigenvalue weighted by atomic mass is 32.2. The van der Waals surface area contributed by atoms with Crippen LogP contribution in [-0.2, 0) is 21.3 Å². The molecule has 0 saturated heterocycles. The number of anilines is 2. The lowest BCUT2D eigenvalue weighted by atomic mass is 10.2. The van der Waals surface area contributed by atoms with Crippen molar-refractivity contribution in [1.29, 1.82) is 0 Å². The number of carbonyl (C=O) groups is 1. The second-order valence-electron chi connectivity index (χ2n) is 5.97. The van der Waals surface area contributed by atoms with E-state index < -0.39 is 16.0 Å². The molecule has 0 aliphatic carbocycles. The molecule has 9 heteroatoms. The highest BCUT2D eigenvalue weighted by Gasteiger charge is 2.22. The molecule has 0 atom stereocenters. The highest BCUT2D eigenvalue weighted by Crippen LogP contribution is 2.27. The molecule has 0 aliphatic rings. The van der Waals surface area contributed by atoms with Crippen molar-refractivity contribution in [3.05, 3.63) is 72.2 Å². The number of esters is 1. The van der Waals surface area contributed by atoms with Crippen LogP contribution in [0.25, 0.3) is 0 Å². The molecule has 1 aromatic heterocycles. The fourth-order valence-corrected chi connectivity index (χ4v) is 3.87. The third-order valence-corrected chi connectivity index (χ3v) is 5.49. The van der Waals surface area contributed by atoms with Gasteiger partial charge in [-0.05, 0) is 54.6 Å². The first-order chi connectivity index (χ1) is 13.9. The Bertz CT molecular complexity index is 1080. The number of furan rings is 1. The Morgan fingerprint density at radius 3 is 2.45 bits per heavy atom. The number of benzene rings is 2. The molecule has 0 spiro atoms. The smallest absolute Gasteiger partial charge is 0.337 e. The van der Waals surface area contributed by atoms with Crippen molar-refractivity contribution in [2.45, 2.75) is 11.4 Å². The second kappa shape index (κ2) is 8.70. The van der Waals surface area contributed by atoms with Crippen molar-refractivity contribution in [2.75, 3.05) is 24.3 Å². The van der Waals surface area contributed by atoms with Gasteiger partial charge in [-0.25, -0.2) is 13.2 Å². The van der Waals surface area contributed by atoms with Crippen LogP contribution in [0, 0.1) is 0 Å². The Morgan fingerprint density at radius 2 is 1.83 bits per heavy atom. The molecule has 0 amide bonds. The number of sulfonamides is 1. The van der Waals surface area contributed by atoms with Crippen LogP contribution in [0.2, 0.25) is 0 Å². The van der Waals surface area contributed by atoms with Crippen LogP contribution >= 0.6 is 0 Å². The predicted octanol–water partition coefficient (Wildman–Crippen LogP) is 3.49. The summed E-state index contributed by atoms with van der Waals surface area (Å²) in [5, 5.41) is 3.02. The molecule has 3 rings (SSSR count). The molecule has 0 bridgehead atoms. The maximum absolute atomic E-state index is 13.0. The summed E-state index contributed by atoms with van der Waals surface area (Å²) < 4.78 is 43.6. The summed E-state index contributed by atoms with van der Waals surface area (Å²) in [5.41, 5.74) is 0.785. The van der Waals surface area contributed by atoms with Gasteiger partial charge in [0.05, 0.1) is 38.3 Å². The fourth-order valence-electron chi connectivity index (χ4n) is 2.60. The van der Waals surface area contributed by atoms with Gasteiger partial charge in [-0.2, -0.15) is 0 Å². The third kappa shape index (κ3) is 4.88. The molecule has 8 nitrogen and oxygen atoms in total. The van der Waals surface area contributed by atoms with E-state index in [0.29, 0.717) is 22.9 Å². The average Bonchev–Trinajstić information content (AvgIpc) is 3.25. The van der Waals surface area contributed by atoms with Gasteiger partial charge >= 0.3 is 5.97 Å². The van der Waals surface area contributed by atoms with Crippen LogP contribution in [0.15, 0.2) is 70.2 Å². The summed E-state index contributed by atoms with van der Waals surface area (Å²) >= 11 is 0. The minimum atomic E-state index is -4.01. The van der Waals surface area contributed by atoms with Crippen molar-refractivity contribution in [3.63, 3.8) is 0 Å². The summed E-state index contributed by atoms with van der Waals surface area (Å²) in [6.07, 6.45) is 1.53. The van der Waals surface area contributed by atoms with Crippen LogP contribution in [0.1, 0.15) is 16.1 Å². The maximum Gasteiger partial charge on any atom is 0.337 e. The van der Waals surface area contributed by atoms with E-state index in [2.05, 4.69) is 10.0 Å². The molecular weight excluding hydrogens is 396 g/mol. The van der Waals surface area contributed by atoms with Gasteiger partial charge in [-0.3, -0.25) is 4.72 Å². The van der Waals surface area contributed by atoms with Crippen molar-refractivity contribution < 1.29 is 27.1 Å². The minimum Gasteiger partial charge on any atom is -0.497 e. The quantitative estimate of drug-likeness (QED) is 0.541. The van der Waals surface area contributed by atoms with E-state index in [1.165, 1.54) is 38.7 Å². The van der Waals surface area contributed by atoms with Crippen LogP contribution < -0.4 is 14.8 Å². The predicted molar refractivity (Wildman–Crippen MR) is 108 cm³/mol. The number of ether oxygens (including phenoxy) is 2. The van der Waals surface area contributed by atoms with Crippen LogP contribution in [-0.4, -0.2) is 28.6 Å². The van der Waals surface area contributed by atoms with Gasteiger partial charge < -0.3 is 19.2 Å². The maximum atomic E-state index is 13.0.